The molecule has 0 radical (unpaired) electrons. The lowest BCUT2D eigenvalue weighted by Crippen LogP contribution is -2.40. The Morgan fingerprint density at radius 3 is 2.25 bits per heavy atom. The second-order valence-corrected chi connectivity index (χ2v) is 4.19. The number of hydrogen-bond acceptors (Lipinski definition) is 2. The third-order valence-electron chi connectivity index (χ3n) is 2.35. The highest BCUT2D eigenvalue weighted by Gasteiger charge is 2.44. The van der Waals surface area contributed by atoms with Gasteiger partial charge in [0.25, 0.3) is 0 Å². The van der Waals surface area contributed by atoms with Gasteiger partial charge in [0.1, 0.15) is 11.9 Å². The van der Waals surface area contributed by atoms with Crippen LogP contribution in [0.2, 0.25) is 0 Å². The summed E-state index contributed by atoms with van der Waals surface area (Å²) in [5, 5.41) is 0. The summed E-state index contributed by atoms with van der Waals surface area (Å²) in [6.07, 6.45) is -1.66. The van der Waals surface area contributed by atoms with Gasteiger partial charge in [-0.3, -0.25) is 0 Å². The Balaban J connectivity index is 3.17. The lowest BCUT2D eigenvalue weighted by atomic mass is 10.1. The van der Waals surface area contributed by atoms with Crippen molar-refractivity contribution in [2.24, 2.45) is 5.73 Å². The van der Waals surface area contributed by atoms with E-state index in [4.69, 9.17) is 5.73 Å². The zero-order chi connectivity index (χ0) is 12.5. The lowest BCUT2D eigenvalue weighted by molar-refractivity contribution is -0.172. The average Bonchev–Trinajstić information content (AvgIpc) is 2.48. The normalized spacial score (nSPS) is 16.5. The van der Waals surface area contributed by atoms with Crippen molar-refractivity contribution in [3.63, 3.8) is 0 Å². The van der Waals surface area contributed by atoms with Gasteiger partial charge in [0.05, 0.1) is 0 Å². The number of alkyl halides is 3. The van der Waals surface area contributed by atoms with Crippen LogP contribution < -0.4 is 5.73 Å². The van der Waals surface area contributed by atoms with Gasteiger partial charge in [0, 0.05) is 24.4 Å². The van der Waals surface area contributed by atoms with Crippen LogP contribution in [0.5, 0.6) is 0 Å². The minimum absolute atomic E-state index is 0.0707. The molecule has 0 bridgehead atoms. The summed E-state index contributed by atoms with van der Waals surface area (Å²) >= 11 is 0. The van der Waals surface area contributed by atoms with Gasteiger partial charge in [-0.15, -0.1) is 0 Å². The molecule has 1 aromatic rings. The molecule has 0 aromatic carbocycles. The molecular weight excluding hydrogens is 219 g/mol. The molecule has 0 saturated heterocycles. The first-order chi connectivity index (χ1) is 7.25. The van der Waals surface area contributed by atoms with E-state index in [0.29, 0.717) is 5.82 Å². The largest absolute Gasteiger partial charge is 0.410 e. The minimum atomic E-state index is -4.36. The highest BCUT2D eigenvalue weighted by molar-refractivity contribution is 5.02. The van der Waals surface area contributed by atoms with E-state index in [1.54, 1.807) is 13.8 Å². The Bertz CT molecular complexity index is 341. The fourth-order valence-electron chi connectivity index (χ4n) is 1.72. The monoisotopic (exact) mass is 235 g/mol. The second-order valence-electron chi connectivity index (χ2n) is 4.19. The lowest BCUT2D eigenvalue weighted by Gasteiger charge is -2.27. The fraction of sp³-hybridized carbons (Fsp3) is 0.700. The van der Waals surface area contributed by atoms with Crippen LogP contribution in [0.15, 0.2) is 12.4 Å². The molecule has 0 saturated carbocycles. The van der Waals surface area contributed by atoms with Crippen molar-refractivity contribution >= 4 is 0 Å². The molecule has 2 unspecified atom stereocenters. The van der Waals surface area contributed by atoms with Gasteiger partial charge in [-0.1, -0.05) is 13.8 Å². The van der Waals surface area contributed by atoms with E-state index in [1.807, 2.05) is 0 Å². The van der Waals surface area contributed by atoms with E-state index in [2.05, 4.69) is 4.98 Å². The molecule has 2 N–H and O–H groups in total. The first kappa shape index (κ1) is 13.0. The number of halogens is 3. The third kappa shape index (κ3) is 2.55. The minimum Gasteiger partial charge on any atom is -0.326 e. The van der Waals surface area contributed by atoms with Crippen LogP contribution in [0.4, 0.5) is 13.2 Å². The maximum absolute atomic E-state index is 12.8. The summed E-state index contributed by atoms with van der Waals surface area (Å²) in [4.78, 5) is 3.94. The second kappa shape index (κ2) is 4.45. The molecule has 0 aliphatic heterocycles. The molecule has 0 fully saturated rings. The molecule has 2 atom stereocenters. The first-order valence-electron chi connectivity index (χ1n) is 5.10. The third-order valence-corrected chi connectivity index (χ3v) is 2.35. The van der Waals surface area contributed by atoms with Gasteiger partial charge in [-0.05, 0) is 6.92 Å². The Hall–Kier alpha value is -1.04. The van der Waals surface area contributed by atoms with Gasteiger partial charge in [0.2, 0.25) is 0 Å². The summed E-state index contributed by atoms with van der Waals surface area (Å²) in [6.45, 7) is 4.95. The molecule has 1 heterocycles. The quantitative estimate of drug-likeness (QED) is 0.874. The summed E-state index contributed by atoms with van der Waals surface area (Å²) in [5.41, 5.74) is 5.41. The van der Waals surface area contributed by atoms with Crippen molar-refractivity contribution < 1.29 is 13.2 Å². The summed E-state index contributed by atoms with van der Waals surface area (Å²) in [6, 6.07) is -2.72. The summed E-state index contributed by atoms with van der Waals surface area (Å²) in [5.74, 6) is 0.332. The van der Waals surface area contributed by atoms with Gasteiger partial charge in [0.15, 0.2) is 0 Å². The Kier molecular flexibility index (Phi) is 3.62. The van der Waals surface area contributed by atoms with Gasteiger partial charge < -0.3 is 10.3 Å². The molecule has 0 aliphatic rings. The Morgan fingerprint density at radius 2 is 1.88 bits per heavy atom. The number of nitrogens with two attached hydrogens (primary N) is 1. The highest BCUT2D eigenvalue weighted by Crippen LogP contribution is 2.34. The van der Waals surface area contributed by atoms with Gasteiger partial charge in [-0.25, -0.2) is 4.98 Å². The van der Waals surface area contributed by atoms with Crippen LogP contribution in [0, 0.1) is 0 Å². The van der Waals surface area contributed by atoms with E-state index < -0.39 is 18.3 Å². The topological polar surface area (TPSA) is 43.8 Å². The summed E-state index contributed by atoms with van der Waals surface area (Å²) < 4.78 is 39.7. The number of aromatic nitrogens is 2. The fourth-order valence-corrected chi connectivity index (χ4v) is 1.72. The molecule has 1 aromatic heterocycles. The van der Waals surface area contributed by atoms with Gasteiger partial charge >= 0.3 is 6.18 Å². The SMILES string of the molecule is CC(C)c1nccn1C(C(C)N)C(F)(F)F. The maximum atomic E-state index is 12.8. The number of hydrogen-bond donors (Lipinski definition) is 1. The molecule has 0 spiro atoms. The number of nitrogens with zero attached hydrogens (tertiary/aromatic N) is 2. The molecule has 0 aliphatic carbocycles. The van der Waals surface area contributed by atoms with Crippen LogP contribution in [0.25, 0.3) is 0 Å². The molecular formula is C10H16F3N3. The van der Waals surface area contributed by atoms with Crippen molar-refractivity contribution in [2.75, 3.05) is 0 Å². The van der Waals surface area contributed by atoms with E-state index in [9.17, 15) is 13.2 Å². The van der Waals surface area contributed by atoms with Crippen LogP contribution in [-0.2, 0) is 0 Å². The number of imidazole rings is 1. The molecule has 3 nitrogen and oxygen atoms in total. The number of rotatable bonds is 3. The predicted molar refractivity (Wildman–Crippen MR) is 55.1 cm³/mol. The van der Waals surface area contributed by atoms with Crippen molar-refractivity contribution in [3.05, 3.63) is 18.2 Å². The van der Waals surface area contributed by atoms with Crippen LogP contribution in [-0.4, -0.2) is 21.8 Å². The Morgan fingerprint density at radius 1 is 1.31 bits per heavy atom. The van der Waals surface area contributed by atoms with Crippen LogP contribution in [0.3, 0.4) is 0 Å². The van der Waals surface area contributed by atoms with Crippen molar-refractivity contribution in [1.82, 2.24) is 9.55 Å². The molecule has 16 heavy (non-hydrogen) atoms. The van der Waals surface area contributed by atoms with Gasteiger partial charge in [-0.2, -0.15) is 13.2 Å². The van der Waals surface area contributed by atoms with E-state index in [0.717, 1.165) is 4.57 Å². The predicted octanol–water partition coefficient (Wildman–Crippen LogP) is 2.46. The highest BCUT2D eigenvalue weighted by atomic mass is 19.4. The van der Waals surface area contributed by atoms with E-state index >= 15 is 0 Å². The zero-order valence-corrected chi connectivity index (χ0v) is 9.49. The Labute approximate surface area is 92.5 Å². The smallest absolute Gasteiger partial charge is 0.326 e. The average molecular weight is 235 g/mol. The van der Waals surface area contributed by atoms with E-state index in [-0.39, 0.29) is 5.92 Å². The van der Waals surface area contributed by atoms with Crippen molar-refractivity contribution in [2.45, 2.75) is 44.9 Å². The van der Waals surface area contributed by atoms with Crippen molar-refractivity contribution in [3.8, 4) is 0 Å². The van der Waals surface area contributed by atoms with Crippen LogP contribution >= 0.6 is 0 Å². The molecule has 6 heteroatoms. The standard InChI is InChI=1S/C10H16F3N3/c1-6(2)9-15-4-5-16(9)8(7(3)14)10(11,12)13/h4-8H,14H2,1-3H3. The maximum Gasteiger partial charge on any atom is 0.410 e. The van der Waals surface area contributed by atoms with Crippen LogP contribution in [0.1, 0.15) is 38.6 Å². The van der Waals surface area contributed by atoms with E-state index in [1.165, 1.54) is 19.3 Å². The molecule has 0 amide bonds. The molecule has 1 rings (SSSR count). The van der Waals surface area contributed by atoms with Crippen molar-refractivity contribution in [1.29, 1.82) is 0 Å². The molecule has 92 valence electrons. The first-order valence-corrected chi connectivity index (χ1v) is 5.10. The summed E-state index contributed by atoms with van der Waals surface area (Å²) in [7, 11) is 0. The zero-order valence-electron chi connectivity index (χ0n) is 9.49.